The monoisotopic (exact) mass is 347 g/mol. The highest BCUT2D eigenvalue weighted by atomic mass is 32.2. The van der Waals surface area contributed by atoms with Gasteiger partial charge in [0.1, 0.15) is 5.75 Å². The Bertz CT molecular complexity index is 799. The summed E-state index contributed by atoms with van der Waals surface area (Å²) in [4.78, 5) is 21.6. The van der Waals surface area contributed by atoms with Crippen LogP contribution >= 0.6 is 23.1 Å². The van der Waals surface area contributed by atoms with Crippen molar-refractivity contribution in [2.24, 2.45) is 0 Å². The highest BCUT2D eigenvalue weighted by molar-refractivity contribution is 7.99. The maximum Gasteiger partial charge on any atom is 0.233 e. The van der Waals surface area contributed by atoms with Gasteiger partial charge in [-0.15, -0.1) is 0 Å². The van der Waals surface area contributed by atoms with Gasteiger partial charge in [0.25, 0.3) is 0 Å². The predicted octanol–water partition coefficient (Wildman–Crippen LogP) is 3.38. The highest BCUT2D eigenvalue weighted by Gasteiger charge is 2.12. The second kappa shape index (κ2) is 7.06. The minimum absolute atomic E-state index is 0.0826. The first kappa shape index (κ1) is 15.9. The van der Waals surface area contributed by atoms with E-state index < -0.39 is 0 Å². The molecule has 2 aromatic heterocycles. The van der Waals surface area contributed by atoms with Gasteiger partial charge in [0.15, 0.2) is 5.16 Å². The number of thioether (sulfide) groups is 1. The molecule has 0 radical (unpaired) electrons. The number of carbonyl (C=O) groups excluding carboxylic acids is 1. The quantitative estimate of drug-likeness (QED) is 0.695. The third kappa shape index (κ3) is 3.86. The number of amides is 1. The minimum Gasteiger partial charge on any atom is -0.497 e. The fourth-order valence-electron chi connectivity index (χ4n) is 2.15. The Balaban J connectivity index is 1.60. The third-order valence-corrected chi connectivity index (χ3v) is 5.02. The molecule has 23 heavy (non-hydrogen) atoms. The number of thiophene rings is 1. The van der Waals surface area contributed by atoms with E-state index in [1.54, 1.807) is 23.3 Å². The van der Waals surface area contributed by atoms with E-state index in [4.69, 9.17) is 4.74 Å². The molecule has 0 aliphatic carbocycles. The van der Waals surface area contributed by atoms with Crippen LogP contribution in [0.1, 0.15) is 5.56 Å². The molecule has 1 N–H and O–H groups in total. The van der Waals surface area contributed by atoms with E-state index in [9.17, 15) is 4.79 Å². The van der Waals surface area contributed by atoms with Crippen LogP contribution < -0.4 is 4.74 Å². The van der Waals surface area contributed by atoms with Crippen LogP contribution in [-0.2, 0) is 11.3 Å². The molecular weight excluding hydrogens is 330 g/mol. The zero-order chi connectivity index (χ0) is 16.2. The predicted molar refractivity (Wildman–Crippen MR) is 94.2 cm³/mol. The van der Waals surface area contributed by atoms with Crippen molar-refractivity contribution in [2.75, 3.05) is 19.9 Å². The summed E-state index contributed by atoms with van der Waals surface area (Å²) in [6.07, 6.45) is 0. The number of nitrogens with zero attached hydrogens (tertiary/aromatic N) is 2. The molecule has 0 spiro atoms. The van der Waals surface area contributed by atoms with Crippen molar-refractivity contribution in [3.63, 3.8) is 0 Å². The number of benzene rings is 1. The molecule has 3 rings (SSSR count). The van der Waals surface area contributed by atoms with Crippen LogP contribution in [0, 0.1) is 0 Å². The molecule has 0 unspecified atom stereocenters. The average molecular weight is 347 g/mol. The van der Waals surface area contributed by atoms with Crippen LogP contribution in [0.2, 0.25) is 0 Å². The summed E-state index contributed by atoms with van der Waals surface area (Å²) in [6.45, 7) is 0.639. The van der Waals surface area contributed by atoms with Crippen LogP contribution in [0.5, 0.6) is 5.75 Å². The molecule has 7 heteroatoms. The molecule has 0 atom stereocenters. The van der Waals surface area contributed by atoms with E-state index in [-0.39, 0.29) is 5.91 Å². The summed E-state index contributed by atoms with van der Waals surface area (Å²) >= 11 is 3.05. The zero-order valence-electron chi connectivity index (χ0n) is 12.9. The normalized spacial score (nSPS) is 10.9. The molecule has 0 saturated carbocycles. The van der Waals surface area contributed by atoms with Crippen molar-refractivity contribution < 1.29 is 9.53 Å². The molecule has 0 aliphatic rings. The summed E-state index contributed by atoms with van der Waals surface area (Å²) in [5, 5.41) is 4.82. The number of aromatic amines is 1. The number of hydrogen-bond acceptors (Lipinski definition) is 5. The van der Waals surface area contributed by atoms with Gasteiger partial charge in [0, 0.05) is 19.7 Å². The van der Waals surface area contributed by atoms with E-state index in [1.807, 2.05) is 36.7 Å². The van der Waals surface area contributed by atoms with E-state index in [0.717, 1.165) is 27.5 Å². The largest absolute Gasteiger partial charge is 0.497 e. The van der Waals surface area contributed by atoms with Gasteiger partial charge in [-0.25, -0.2) is 4.98 Å². The van der Waals surface area contributed by atoms with Gasteiger partial charge in [-0.1, -0.05) is 11.8 Å². The lowest BCUT2D eigenvalue weighted by Crippen LogP contribution is -2.27. The summed E-state index contributed by atoms with van der Waals surface area (Å²) in [6, 6.07) is 7.71. The number of ether oxygens (including phenoxy) is 1. The maximum atomic E-state index is 12.2. The van der Waals surface area contributed by atoms with Gasteiger partial charge >= 0.3 is 0 Å². The lowest BCUT2D eigenvalue weighted by atomic mass is 10.3. The number of hydrogen-bond donors (Lipinski definition) is 1. The summed E-state index contributed by atoms with van der Waals surface area (Å²) in [7, 11) is 3.46. The van der Waals surface area contributed by atoms with Gasteiger partial charge < -0.3 is 14.6 Å². The summed E-state index contributed by atoms with van der Waals surface area (Å²) in [5.41, 5.74) is 2.94. The molecule has 5 nitrogen and oxygen atoms in total. The molecule has 1 amide bonds. The lowest BCUT2D eigenvalue weighted by Gasteiger charge is -2.15. The summed E-state index contributed by atoms with van der Waals surface area (Å²) in [5.74, 6) is 1.22. The van der Waals surface area contributed by atoms with Crippen LogP contribution in [0.3, 0.4) is 0 Å². The van der Waals surface area contributed by atoms with Gasteiger partial charge in [0.2, 0.25) is 5.91 Å². The molecule has 0 aliphatic heterocycles. The van der Waals surface area contributed by atoms with Crippen LogP contribution in [-0.4, -0.2) is 40.7 Å². The molecule has 120 valence electrons. The van der Waals surface area contributed by atoms with Crippen molar-refractivity contribution >= 4 is 40.0 Å². The van der Waals surface area contributed by atoms with Gasteiger partial charge in [-0.3, -0.25) is 4.79 Å². The second-order valence-electron chi connectivity index (χ2n) is 5.10. The number of aromatic nitrogens is 2. The first-order valence-electron chi connectivity index (χ1n) is 7.07. The van der Waals surface area contributed by atoms with Crippen molar-refractivity contribution in [3.8, 4) is 5.75 Å². The molecule has 2 heterocycles. The molecule has 3 aromatic rings. The Morgan fingerprint density at radius 1 is 1.43 bits per heavy atom. The molecule has 0 saturated heterocycles. The number of methoxy groups -OCH3 is 1. The Hall–Kier alpha value is -1.99. The Kier molecular flexibility index (Phi) is 4.88. The highest BCUT2D eigenvalue weighted by Crippen LogP contribution is 2.23. The van der Waals surface area contributed by atoms with E-state index in [2.05, 4.69) is 15.3 Å². The topological polar surface area (TPSA) is 58.2 Å². The van der Waals surface area contributed by atoms with Crippen molar-refractivity contribution in [1.82, 2.24) is 14.9 Å². The molecule has 0 bridgehead atoms. The fourth-order valence-corrected chi connectivity index (χ4v) is 3.63. The standard InChI is InChI=1S/C16H17N3O2S2/c1-19(8-11-5-6-22-9-11)15(20)10-23-16-17-13-4-3-12(21-2)7-14(13)18-16/h3-7,9H,8,10H2,1-2H3,(H,17,18). The van der Waals surface area contributed by atoms with Crippen LogP contribution in [0.15, 0.2) is 40.2 Å². The van der Waals surface area contributed by atoms with Crippen LogP contribution in [0.25, 0.3) is 11.0 Å². The summed E-state index contributed by atoms with van der Waals surface area (Å²) < 4.78 is 5.20. The second-order valence-corrected chi connectivity index (χ2v) is 6.84. The number of carbonyl (C=O) groups is 1. The number of rotatable bonds is 6. The van der Waals surface area contributed by atoms with E-state index in [0.29, 0.717) is 12.3 Å². The number of nitrogens with one attached hydrogen (secondary N) is 1. The van der Waals surface area contributed by atoms with Crippen LogP contribution in [0.4, 0.5) is 0 Å². The van der Waals surface area contributed by atoms with Crippen molar-refractivity contribution in [2.45, 2.75) is 11.7 Å². The number of H-pyrrole nitrogens is 1. The zero-order valence-corrected chi connectivity index (χ0v) is 14.5. The minimum atomic E-state index is 0.0826. The SMILES string of the molecule is COc1ccc2nc(SCC(=O)N(C)Cc3ccsc3)[nH]c2c1. The van der Waals surface area contributed by atoms with Gasteiger partial charge in [0.05, 0.1) is 23.9 Å². The average Bonchev–Trinajstić information content (AvgIpc) is 3.20. The van der Waals surface area contributed by atoms with E-state index in [1.165, 1.54) is 11.8 Å². The maximum absolute atomic E-state index is 12.2. The molecule has 0 fully saturated rings. The van der Waals surface area contributed by atoms with E-state index >= 15 is 0 Å². The number of fused-ring (bicyclic) bond motifs is 1. The smallest absolute Gasteiger partial charge is 0.233 e. The fraction of sp³-hybridized carbons (Fsp3) is 0.250. The van der Waals surface area contributed by atoms with Gasteiger partial charge in [-0.2, -0.15) is 11.3 Å². The Labute approximate surface area is 142 Å². The first-order chi connectivity index (χ1) is 11.2. The Morgan fingerprint density at radius 2 is 2.30 bits per heavy atom. The first-order valence-corrected chi connectivity index (χ1v) is 9.00. The Morgan fingerprint density at radius 3 is 3.04 bits per heavy atom. The number of imidazole rings is 1. The van der Waals surface area contributed by atoms with Crippen molar-refractivity contribution in [3.05, 3.63) is 40.6 Å². The van der Waals surface area contributed by atoms with Gasteiger partial charge in [-0.05, 0) is 34.5 Å². The third-order valence-electron chi connectivity index (χ3n) is 3.43. The molecule has 1 aromatic carbocycles. The van der Waals surface area contributed by atoms with Crippen molar-refractivity contribution in [1.29, 1.82) is 0 Å². The lowest BCUT2D eigenvalue weighted by molar-refractivity contribution is -0.127. The molecular formula is C16H17N3O2S2.